The van der Waals surface area contributed by atoms with Crippen LogP contribution < -0.4 is 11.2 Å². The number of hydrogen-bond donors (Lipinski definition) is 1. The van der Waals surface area contributed by atoms with Crippen LogP contribution in [0.1, 0.15) is 35.3 Å². The number of esters is 1. The zero-order chi connectivity index (χ0) is 16.9. The van der Waals surface area contributed by atoms with Gasteiger partial charge in [0.05, 0.1) is 23.6 Å². The van der Waals surface area contributed by atoms with Crippen molar-refractivity contribution in [2.75, 3.05) is 12.3 Å². The molecule has 3 rings (SSSR count). The number of benzene rings is 1. The summed E-state index contributed by atoms with van der Waals surface area (Å²) in [6.07, 6.45) is 0.397. The zero-order valence-corrected chi connectivity index (χ0v) is 12.7. The van der Waals surface area contributed by atoms with Gasteiger partial charge in [0.1, 0.15) is 17.6 Å². The number of rotatable bonds is 3. The first kappa shape index (κ1) is 15.5. The Kier molecular flexibility index (Phi) is 3.58. The van der Waals surface area contributed by atoms with Crippen LogP contribution in [-0.2, 0) is 4.74 Å². The van der Waals surface area contributed by atoms with E-state index in [1.165, 1.54) is 17.7 Å². The summed E-state index contributed by atoms with van der Waals surface area (Å²) in [7, 11) is 0. The molecule has 1 aromatic heterocycles. The summed E-state index contributed by atoms with van der Waals surface area (Å²) >= 11 is 0. The summed E-state index contributed by atoms with van der Waals surface area (Å²) in [5.74, 6) is -1.38. The number of ether oxygens (including phenoxy) is 1. The molecular formula is C16H16F2N2O3. The van der Waals surface area contributed by atoms with Gasteiger partial charge in [0.2, 0.25) is 5.43 Å². The van der Waals surface area contributed by atoms with Crippen molar-refractivity contribution in [2.45, 2.75) is 32.5 Å². The number of aryl methyl sites for hydroxylation is 1. The molecule has 0 amide bonds. The number of hydrogen-bond acceptors (Lipinski definition) is 4. The molecule has 0 spiro atoms. The Morgan fingerprint density at radius 2 is 2.17 bits per heavy atom. The van der Waals surface area contributed by atoms with Crippen molar-refractivity contribution in [1.82, 2.24) is 4.57 Å². The molecule has 23 heavy (non-hydrogen) atoms. The molecular weight excluding hydrogens is 306 g/mol. The second kappa shape index (κ2) is 5.33. The molecule has 2 aromatic rings. The predicted octanol–water partition coefficient (Wildman–Crippen LogP) is 2.49. The Labute approximate surface area is 130 Å². The predicted molar refractivity (Wildman–Crippen MR) is 81.8 cm³/mol. The van der Waals surface area contributed by atoms with Crippen molar-refractivity contribution < 1.29 is 18.3 Å². The van der Waals surface area contributed by atoms with E-state index in [9.17, 15) is 18.4 Å². The number of carbonyl (C=O) groups excluding carboxylic acids is 1. The number of carbonyl (C=O) groups is 1. The molecule has 1 heterocycles. The number of anilines is 1. The maximum absolute atomic E-state index is 14.0. The minimum atomic E-state index is -1.10. The second-order valence-corrected chi connectivity index (χ2v) is 5.61. The number of pyridine rings is 1. The highest BCUT2D eigenvalue weighted by atomic mass is 19.1. The van der Waals surface area contributed by atoms with E-state index in [2.05, 4.69) is 0 Å². The fourth-order valence-electron chi connectivity index (χ4n) is 2.77. The maximum atomic E-state index is 14.0. The minimum absolute atomic E-state index is 0.0218. The molecule has 1 saturated carbocycles. The van der Waals surface area contributed by atoms with E-state index in [-0.39, 0.29) is 40.7 Å². The molecule has 0 unspecified atom stereocenters. The van der Waals surface area contributed by atoms with Crippen LogP contribution in [0, 0.1) is 12.7 Å². The Bertz CT molecular complexity index is 876. The van der Waals surface area contributed by atoms with E-state index in [0.29, 0.717) is 0 Å². The lowest BCUT2D eigenvalue weighted by molar-refractivity contribution is 0.0524. The molecule has 0 bridgehead atoms. The summed E-state index contributed by atoms with van der Waals surface area (Å²) in [5.41, 5.74) is 5.28. The highest BCUT2D eigenvalue weighted by Crippen LogP contribution is 2.41. The summed E-state index contributed by atoms with van der Waals surface area (Å²) in [4.78, 5) is 24.6. The van der Waals surface area contributed by atoms with Gasteiger partial charge in [-0.3, -0.25) is 4.79 Å². The number of halogens is 2. The van der Waals surface area contributed by atoms with Crippen molar-refractivity contribution in [3.05, 3.63) is 39.4 Å². The standard InChI is InChI=1S/C16H16F2N2O3/c1-3-23-16(22)8-6-20(12-5-10(12)18)14-7(2)9(17)4-11(19)13(14)15(8)21/h4,6,10,12H,3,5,19H2,1-2H3/t10-,12+/m0/s1. The molecule has 1 aliphatic carbocycles. The molecule has 2 atom stereocenters. The van der Waals surface area contributed by atoms with Crippen molar-refractivity contribution in [1.29, 1.82) is 0 Å². The van der Waals surface area contributed by atoms with Crippen molar-refractivity contribution in [3.63, 3.8) is 0 Å². The number of nitrogens with two attached hydrogens (primary N) is 1. The van der Waals surface area contributed by atoms with Gasteiger partial charge in [0.25, 0.3) is 0 Å². The average molecular weight is 322 g/mol. The van der Waals surface area contributed by atoms with E-state index in [0.717, 1.165) is 6.07 Å². The number of aromatic nitrogens is 1. The van der Waals surface area contributed by atoms with E-state index < -0.39 is 29.4 Å². The Morgan fingerprint density at radius 1 is 1.52 bits per heavy atom. The van der Waals surface area contributed by atoms with Gasteiger partial charge in [-0.25, -0.2) is 13.6 Å². The van der Waals surface area contributed by atoms with Crippen LogP contribution in [0.3, 0.4) is 0 Å². The van der Waals surface area contributed by atoms with Gasteiger partial charge < -0.3 is 15.0 Å². The first-order valence-corrected chi connectivity index (χ1v) is 7.31. The highest BCUT2D eigenvalue weighted by molar-refractivity contribution is 5.99. The lowest BCUT2D eigenvalue weighted by Gasteiger charge is -2.16. The molecule has 0 saturated heterocycles. The topological polar surface area (TPSA) is 74.3 Å². The molecule has 1 aliphatic rings. The van der Waals surface area contributed by atoms with E-state index in [1.54, 1.807) is 6.92 Å². The van der Waals surface area contributed by atoms with Crippen LogP contribution in [0.25, 0.3) is 10.9 Å². The van der Waals surface area contributed by atoms with E-state index >= 15 is 0 Å². The summed E-state index contributed by atoms with van der Waals surface area (Å²) in [6.45, 7) is 3.21. The van der Waals surface area contributed by atoms with Crippen molar-refractivity contribution in [2.24, 2.45) is 0 Å². The molecule has 122 valence electrons. The molecule has 5 nitrogen and oxygen atoms in total. The fourth-order valence-corrected chi connectivity index (χ4v) is 2.77. The van der Waals surface area contributed by atoms with Crippen LogP contribution in [0.4, 0.5) is 14.5 Å². The summed E-state index contributed by atoms with van der Waals surface area (Å²) in [6, 6.07) is 0.504. The first-order chi connectivity index (χ1) is 10.9. The monoisotopic (exact) mass is 322 g/mol. The molecule has 1 fully saturated rings. The number of alkyl halides is 1. The lowest BCUT2D eigenvalue weighted by Crippen LogP contribution is -2.22. The number of fused-ring (bicyclic) bond motifs is 1. The first-order valence-electron chi connectivity index (χ1n) is 7.31. The fraction of sp³-hybridized carbons (Fsp3) is 0.375. The number of nitrogens with zero attached hydrogens (tertiary/aromatic N) is 1. The third kappa shape index (κ3) is 2.36. The smallest absolute Gasteiger partial charge is 0.343 e. The maximum Gasteiger partial charge on any atom is 0.343 e. The van der Waals surface area contributed by atoms with Gasteiger partial charge in [0.15, 0.2) is 0 Å². The minimum Gasteiger partial charge on any atom is -0.462 e. The average Bonchev–Trinajstić information content (AvgIpc) is 3.21. The van der Waals surface area contributed by atoms with Gasteiger partial charge in [-0.05, 0) is 19.9 Å². The van der Waals surface area contributed by atoms with Gasteiger partial charge in [-0.2, -0.15) is 0 Å². The van der Waals surface area contributed by atoms with E-state index in [4.69, 9.17) is 10.5 Å². The van der Waals surface area contributed by atoms with Crippen LogP contribution in [0.2, 0.25) is 0 Å². The van der Waals surface area contributed by atoms with Gasteiger partial charge >= 0.3 is 5.97 Å². The van der Waals surface area contributed by atoms with Crippen molar-refractivity contribution >= 4 is 22.6 Å². The number of nitrogen functional groups attached to an aromatic ring is 1. The second-order valence-electron chi connectivity index (χ2n) is 5.61. The van der Waals surface area contributed by atoms with Crippen molar-refractivity contribution in [3.8, 4) is 0 Å². The Balaban J connectivity index is 2.40. The summed E-state index contributed by atoms with van der Waals surface area (Å²) < 4.78 is 33.9. The van der Waals surface area contributed by atoms with Gasteiger partial charge in [0, 0.05) is 23.9 Å². The quantitative estimate of drug-likeness (QED) is 0.696. The third-order valence-electron chi connectivity index (χ3n) is 4.05. The molecule has 0 aliphatic heterocycles. The molecule has 2 N–H and O–H groups in total. The third-order valence-corrected chi connectivity index (χ3v) is 4.05. The largest absolute Gasteiger partial charge is 0.462 e. The van der Waals surface area contributed by atoms with Gasteiger partial charge in [-0.1, -0.05) is 0 Å². The zero-order valence-electron chi connectivity index (χ0n) is 12.7. The molecule has 1 aromatic carbocycles. The summed E-state index contributed by atoms with van der Waals surface area (Å²) in [5, 5.41) is 0.0218. The van der Waals surface area contributed by atoms with Crippen LogP contribution >= 0.6 is 0 Å². The highest BCUT2D eigenvalue weighted by Gasteiger charge is 2.40. The van der Waals surface area contributed by atoms with Crippen LogP contribution in [0.5, 0.6) is 0 Å². The van der Waals surface area contributed by atoms with Crippen LogP contribution in [-0.4, -0.2) is 23.3 Å². The Hall–Kier alpha value is -2.44. The van der Waals surface area contributed by atoms with Crippen LogP contribution in [0.15, 0.2) is 17.1 Å². The SMILES string of the molecule is CCOC(=O)c1cn([C@@H]2C[C@@H]2F)c2c(C)c(F)cc(N)c2c1=O. The van der Waals surface area contributed by atoms with E-state index in [1.807, 2.05) is 0 Å². The van der Waals surface area contributed by atoms with Gasteiger partial charge in [-0.15, -0.1) is 0 Å². The normalized spacial score (nSPS) is 19.8. The molecule has 0 radical (unpaired) electrons. The lowest BCUT2D eigenvalue weighted by atomic mass is 10.0. The molecule has 7 heteroatoms. The Morgan fingerprint density at radius 3 is 2.74 bits per heavy atom.